The topological polar surface area (TPSA) is 103 Å². The van der Waals surface area contributed by atoms with Gasteiger partial charge in [0.25, 0.3) is 11.8 Å². The Bertz CT molecular complexity index is 1110. The van der Waals surface area contributed by atoms with E-state index in [1.165, 1.54) is 17.4 Å². The van der Waals surface area contributed by atoms with E-state index in [0.717, 1.165) is 0 Å². The molecule has 0 unspecified atom stereocenters. The smallest absolute Gasteiger partial charge is 0.338 e. The van der Waals surface area contributed by atoms with E-state index in [4.69, 9.17) is 14.2 Å². The summed E-state index contributed by atoms with van der Waals surface area (Å²) in [5.41, 5.74) is 1.15. The maximum absolute atomic E-state index is 12.4. The second-order valence-electron chi connectivity index (χ2n) is 6.66. The van der Waals surface area contributed by atoms with Crippen LogP contribution >= 0.6 is 11.3 Å². The van der Waals surface area contributed by atoms with E-state index in [-0.39, 0.29) is 11.5 Å². The third-order valence-electron chi connectivity index (χ3n) is 4.26. The summed E-state index contributed by atoms with van der Waals surface area (Å²) in [6, 6.07) is 14.8. The van der Waals surface area contributed by atoms with Crippen LogP contribution in [0, 0.1) is 0 Å². The normalized spacial score (nSPS) is 10.2. The predicted molar refractivity (Wildman–Crippen MR) is 126 cm³/mol. The van der Waals surface area contributed by atoms with Crippen LogP contribution in [0.4, 0.5) is 11.4 Å². The SMILES string of the molecule is CCOc1ccc(NC(=O)COC(=O)c2cccc(NC(=O)c3cccs3)c2)cc1OCC. The van der Waals surface area contributed by atoms with Gasteiger partial charge < -0.3 is 24.8 Å². The van der Waals surface area contributed by atoms with Gasteiger partial charge in [0.05, 0.1) is 23.7 Å². The lowest BCUT2D eigenvalue weighted by Gasteiger charge is -2.13. The third-order valence-corrected chi connectivity index (χ3v) is 5.13. The van der Waals surface area contributed by atoms with Crippen LogP contribution in [-0.4, -0.2) is 37.6 Å². The summed E-state index contributed by atoms with van der Waals surface area (Å²) in [5.74, 6) is -0.363. The Balaban J connectivity index is 1.55. The van der Waals surface area contributed by atoms with Gasteiger partial charge in [-0.3, -0.25) is 9.59 Å². The molecule has 9 heteroatoms. The molecule has 0 atom stereocenters. The van der Waals surface area contributed by atoms with Crippen LogP contribution in [0.15, 0.2) is 60.0 Å². The van der Waals surface area contributed by atoms with Crippen molar-refractivity contribution in [2.24, 2.45) is 0 Å². The van der Waals surface area contributed by atoms with Crippen LogP contribution in [0.25, 0.3) is 0 Å². The number of amides is 2. The third kappa shape index (κ3) is 6.81. The molecule has 0 saturated carbocycles. The summed E-state index contributed by atoms with van der Waals surface area (Å²) in [6.07, 6.45) is 0. The van der Waals surface area contributed by atoms with Crippen molar-refractivity contribution in [3.63, 3.8) is 0 Å². The molecule has 0 aliphatic heterocycles. The Kier molecular flexibility index (Phi) is 8.43. The Hall–Kier alpha value is -3.85. The van der Waals surface area contributed by atoms with Crippen molar-refractivity contribution < 1.29 is 28.6 Å². The lowest BCUT2D eigenvalue weighted by Crippen LogP contribution is -2.21. The molecule has 2 amide bonds. The zero-order chi connectivity index (χ0) is 23.6. The standard InChI is InChI=1S/C24H24N2O6S/c1-3-30-19-11-10-18(14-20(19)31-4-2)25-22(27)15-32-24(29)16-7-5-8-17(13-16)26-23(28)21-9-6-12-33-21/h5-14H,3-4,15H2,1-2H3,(H,25,27)(H,26,28). The Morgan fingerprint density at radius 2 is 1.61 bits per heavy atom. The van der Waals surface area contributed by atoms with Crippen molar-refractivity contribution in [2.45, 2.75) is 13.8 Å². The van der Waals surface area contributed by atoms with E-state index in [0.29, 0.717) is 41.0 Å². The molecule has 1 aromatic heterocycles. The number of rotatable bonds is 10. The first-order valence-electron chi connectivity index (χ1n) is 10.3. The highest BCUT2D eigenvalue weighted by molar-refractivity contribution is 7.12. The number of carbonyl (C=O) groups is 3. The molecule has 0 aliphatic rings. The van der Waals surface area contributed by atoms with Crippen LogP contribution in [0.2, 0.25) is 0 Å². The highest BCUT2D eigenvalue weighted by Gasteiger charge is 2.14. The molecular weight excluding hydrogens is 444 g/mol. The first kappa shape index (κ1) is 23.8. The van der Waals surface area contributed by atoms with Crippen LogP contribution in [0.5, 0.6) is 11.5 Å². The summed E-state index contributed by atoms with van der Waals surface area (Å²) in [4.78, 5) is 37.4. The van der Waals surface area contributed by atoms with Gasteiger partial charge in [0, 0.05) is 17.4 Å². The molecule has 0 aliphatic carbocycles. The molecule has 0 fully saturated rings. The number of esters is 1. The number of ether oxygens (including phenoxy) is 3. The minimum absolute atomic E-state index is 0.214. The fourth-order valence-corrected chi connectivity index (χ4v) is 3.48. The maximum Gasteiger partial charge on any atom is 0.338 e. The number of hydrogen-bond acceptors (Lipinski definition) is 7. The fraction of sp³-hybridized carbons (Fsp3) is 0.208. The fourth-order valence-electron chi connectivity index (χ4n) is 2.86. The zero-order valence-corrected chi connectivity index (χ0v) is 19.1. The molecule has 0 saturated heterocycles. The summed E-state index contributed by atoms with van der Waals surface area (Å²) < 4.78 is 16.2. The number of nitrogens with one attached hydrogen (secondary N) is 2. The molecule has 0 spiro atoms. The van der Waals surface area contributed by atoms with Gasteiger partial charge in [-0.25, -0.2) is 4.79 Å². The first-order valence-corrected chi connectivity index (χ1v) is 11.2. The van der Waals surface area contributed by atoms with Gasteiger partial charge in [0.15, 0.2) is 18.1 Å². The van der Waals surface area contributed by atoms with Crippen molar-refractivity contribution in [2.75, 3.05) is 30.5 Å². The van der Waals surface area contributed by atoms with E-state index in [9.17, 15) is 14.4 Å². The van der Waals surface area contributed by atoms with E-state index in [2.05, 4.69) is 10.6 Å². The minimum atomic E-state index is -0.681. The summed E-state index contributed by atoms with van der Waals surface area (Å²) in [6.45, 7) is 4.18. The molecule has 8 nitrogen and oxygen atoms in total. The number of carbonyl (C=O) groups excluding carboxylic acids is 3. The number of benzene rings is 2. The molecule has 0 bridgehead atoms. The second-order valence-corrected chi connectivity index (χ2v) is 7.61. The lowest BCUT2D eigenvalue weighted by molar-refractivity contribution is -0.119. The molecular formula is C24H24N2O6S. The minimum Gasteiger partial charge on any atom is -0.490 e. The van der Waals surface area contributed by atoms with E-state index >= 15 is 0 Å². The predicted octanol–water partition coefficient (Wildman–Crippen LogP) is 4.59. The first-order chi connectivity index (χ1) is 16.0. The van der Waals surface area contributed by atoms with Gasteiger partial charge in [-0.1, -0.05) is 12.1 Å². The van der Waals surface area contributed by atoms with Gasteiger partial charge in [-0.2, -0.15) is 0 Å². The number of thiophene rings is 1. The average molecular weight is 469 g/mol. The zero-order valence-electron chi connectivity index (χ0n) is 18.3. The largest absolute Gasteiger partial charge is 0.490 e. The molecule has 2 aromatic carbocycles. The van der Waals surface area contributed by atoms with Gasteiger partial charge in [-0.15, -0.1) is 11.3 Å². The average Bonchev–Trinajstić information content (AvgIpc) is 3.35. The summed E-state index contributed by atoms with van der Waals surface area (Å²) in [7, 11) is 0. The maximum atomic E-state index is 12.4. The quantitative estimate of drug-likeness (QED) is 0.422. The molecule has 0 radical (unpaired) electrons. The van der Waals surface area contributed by atoms with Gasteiger partial charge >= 0.3 is 5.97 Å². The van der Waals surface area contributed by atoms with Gasteiger partial charge in [0.1, 0.15) is 0 Å². The molecule has 3 rings (SSSR count). The molecule has 172 valence electrons. The summed E-state index contributed by atoms with van der Waals surface area (Å²) >= 11 is 1.32. The molecule has 3 aromatic rings. The van der Waals surface area contributed by atoms with Crippen LogP contribution in [-0.2, 0) is 9.53 Å². The highest BCUT2D eigenvalue weighted by Crippen LogP contribution is 2.30. The highest BCUT2D eigenvalue weighted by atomic mass is 32.1. The van der Waals surface area contributed by atoms with Crippen molar-refractivity contribution in [3.8, 4) is 11.5 Å². The lowest BCUT2D eigenvalue weighted by atomic mass is 10.2. The van der Waals surface area contributed by atoms with Gasteiger partial charge in [0.2, 0.25) is 0 Å². The number of hydrogen-bond donors (Lipinski definition) is 2. The Morgan fingerprint density at radius 1 is 0.848 bits per heavy atom. The monoisotopic (exact) mass is 468 g/mol. The number of anilines is 2. The Labute approximate surface area is 195 Å². The van der Waals surface area contributed by atoms with E-state index in [1.54, 1.807) is 53.9 Å². The van der Waals surface area contributed by atoms with Crippen LogP contribution in [0.3, 0.4) is 0 Å². The van der Waals surface area contributed by atoms with Crippen molar-refractivity contribution in [1.29, 1.82) is 0 Å². The van der Waals surface area contributed by atoms with E-state index < -0.39 is 18.5 Å². The van der Waals surface area contributed by atoms with Crippen molar-refractivity contribution >= 4 is 40.5 Å². The van der Waals surface area contributed by atoms with Crippen LogP contribution in [0.1, 0.15) is 33.9 Å². The van der Waals surface area contributed by atoms with Crippen LogP contribution < -0.4 is 20.1 Å². The molecule has 2 N–H and O–H groups in total. The van der Waals surface area contributed by atoms with Crippen molar-refractivity contribution in [3.05, 3.63) is 70.4 Å². The van der Waals surface area contributed by atoms with Crippen molar-refractivity contribution in [1.82, 2.24) is 0 Å². The van der Waals surface area contributed by atoms with E-state index in [1.807, 2.05) is 13.8 Å². The molecule has 33 heavy (non-hydrogen) atoms. The second kappa shape index (κ2) is 11.7. The Morgan fingerprint density at radius 3 is 2.33 bits per heavy atom. The summed E-state index contributed by atoms with van der Waals surface area (Å²) in [5, 5.41) is 7.20. The molecule has 1 heterocycles. The van der Waals surface area contributed by atoms with Gasteiger partial charge in [-0.05, 0) is 55.6 Å².